The van der Waals surface area contributed by atoms with E-state index in [-0.39, 0.29) is 13.2 Å². The lowest BCUT2D eigenvalue weighted by Crippen LogP contribution is -2.51. The third-order valence-corrected chi connectivity index (χ3v) is 5.12. The fourth-order valence-electron chi connectivity index (χ4n) is 3.59. The minimum atomic E-state index is -1.73. The SMILES string of the molecule is CC(=O)O[C@H]1[C@@H](C)[C@@](OCc2ccccc2)(C(N)=O)O[C@@H]1COCc1ccccc1. The molecule has 4 atom stereocenters. The van der Waals surface area contributed by atoms with Crippen LogP contribution in [-0.2, 0) is 41.8 Å². The second-order valence-corrected chi connectivity index (χ2v) is 7.33. The quantitative estimate of drug-likeness (QED) is 0.635. The summed E-state index contributed by atoms with van der Waals surface area (Å²) in [6, 6.07) is 19.0. The molecule has 2 N–H and O–H groups in total. The van der Waals surface area contributed by atoms with E-state index in [1.807, 2.05) is 60.7 Å². The van der Waals surface area contributed by atoms with Gasteiger partial charge in [0.25, 0.3) is 11.7 Å². The first kappa shape index (κ1) is 22.0. The van der Waals surface area contributed by atoms with Crippen molar-refractivity contribution < 1.29 is 28.5 Å². The molecule has 0 aromatic heterocycles. The Balaban J connectivity index is 1.73. The van der Waals surface area contributed by atoms with E-state index in [1.54, 1.807) is 6.92 Å². The normalized spacial score (nSPS) is 25.7. The summed E-state index contributed by atoms with van der Waals surface area (Å²) < 4.78 is 23.2. The molecule has 0 radical (unpaired) electrons. The van der Waals surface area contributed by atoms with Crippen molar-refractivity contribution in [2.24, 2.45) is 11.7 Å². The van der Waals surface area contributed by atoms with Gasteiger partial charge in [0.1, 0.15) is 12.2 Å². The Bertz CT molecular complexity index is 843. The Kier molecular flexibility index (Phi) is 7.20. The minimum Gasteiger partial charge on any atom is -0.459 e. The molecule has 2 aromatic rings. The summed E-state index contributed by atoms with van der Waals surface area (Å²) in [5.74, 6) is -3.59. The Morgan fingerprint density at radius 3 is 2.10 bits per heavy atom. The van der Waals surface area contributed by atoms with Crippen LogP contribution in [-0.4, -0.2) is 36.5 Å². The average Bonchev–Trinajstić information content (AvgIpc) is 3.00. The summed E-state index contributed by atoms with van der Waals surface area (Å²) in [5, 5.41) is 0. The summed E-state index contributed by atoms with van der Waals surface area (Å²) in [6.45, 7) is 3.62. The third kappa shape index (κ3) is 5.05. The second-order valence-electron chi connectivity index (χ2n) is 7.33. The number of hydrogen-bond donors (Lipinski definition) is 1. The number of amides is 1. The van der Waals surface area contributed by atoms with Crippen molar-refractivity contribution in [1.29, 1.82) is 0 Å². The van der Waals surface area contributed by atoms with Gasteiger partial charge in [0.15, 0.2) is 0 Å². The van der Waals surface area contributed by atoms with E-state index >= 15 is 0 Å². The molecule has 7 heteroatoms. The molecule has 2 aromatic carbocycles. The fraction of sp³-hybridized carbons (Fsp3) is 0.391. The smallest absolute Gasteiger partial charge is 0.303 e. The minimum absolute atomic E-state index is 0.112. The van der Waals surface area contributed by atoms with Crippen LogP contribution in [0.5, 0.6) is 0 Å². The Morgan fingerprint density at radius 2 is 1.57 bits per heavy atom. The zero-order valence-electron chi connectivity index (χ0n) is 17.2. The fourth-order valence-corrected chi connectivity index (χ4v) is 3.59. The lowest BCUT2D eigenvalue weighted by Gasteiger charge is -2.30. The first-order valence-electron chi connectivity index (χ1n) is 9.87. The van der Waals surface area contributed by atoms with Crippen LogP contribution in [0, 0.1) is 5.92 Å². The molecule has 1 aliphatic rings. The lowest BCUT2D eigenvalue weighted by atomic mass is 9.94. The maximum atomic E-state index is 12.4. The van der Waals surface area contributed by atoms with Gasteiger partial charge < -0.3 is 24.7 Å². The highest BCUT2D eigenvalue weighted by molar-refractivity contribution is 5.83. The van der Waals surface area contributed by atoms with Crippen LogP contribution in [0.1, 0.15) is 25.0 Å². The zero-order chi connectivity index (χ0) is 21.6. The summed E-state index contributed by atoms with van der Waals surface area (Å²) in [7, 11) is 0. The van der Waals surface area contributed by atoms with Gasteiger partial charge in [-0.15, -0.1) is 0 Å². The van der Waals surface area contributed by atoms with Crippen LogP contribution in [0.15, 0.2) is 60.7 Å². The van der Waals surface area contributed by atoms with Crippen LogP contribution < -0.4 is 5.73 Å². The number of carbonyl (C=O) groups excluding carboxylic acids is 2. The van der Waals surface area contributed by atoms with Crippen molar-refractivity contribution in [2.75, 3.05) is 6.61 Å². The first-order chi connectivity index (χ1) is 14.4. The van der Waals surface area contributed by atoms with Gasteiger partial charge in [-0.25, -0.2) is 0 Å². The number of nitrogens with two attached hydrogens (primary N) is 1. The van der Waals surface area contributed by atoms with Crippen molar-refractivity contribution in [3.8, 4) is 0 Å². The van der Waals surface area contributed by atoms with Gasteiger partial charge >= 0.3 is 5.97 Å². The van der Waals surface area contributed by atoms with Gasteiger partial charge in [-0.05, 0) is 11.1 Å². The zero-order valence-corrected chi connectivity index (χ0v) is 17.2. The molecular weight excluding hydrogens is 386 g/mol. The molecule has 1 fully saturated rings. The molecule has 1 amide bonds. The number of benzene rings is 2. The van der Waals surface area contributed by atoms with E-state index < -0.39 is 35.8 Å². The molecule has 0 bridgehead atoms. The molecule has 1 aliphatic heterocycles. The predicted octanol–water partition coefficient (Wildman–Crippen LogP) is 2.57. The first-order valence-corrected chi connectivity index (χ1v) is 9.87. The standard InChI is InChI=1S/C23H27NO6/c1-16-21(29-17(2)25)20(15-27-13-18-9-5-3-6-10-18)30-23(16,22(24)26)28-14-19-11-7-4-8-12-19/h3-12,16,20-21H,13-15H2,1-2H3,(H2,24,26)/t16-,20-,21+,23+/m1/s1. The lowest BCUT2D eigenvalue weighted by molar-refractivity contribution is -0.241. The van der Waals surface area contributed by atoms with Crippen LogP contribution in [0.4, 0.5) is 0 Å². The van der Waals surface area contributed by atoms with Gasteiger partial charge in [0.2, 0.25) is 0 Å². The maximum Gasteiger partial charge on any atom is 0.303 e. The van der Waals surface area contributed by atoms with E-state index in [1.165, 1.54) is 6.92 Å². The molecule has 3 rings (SSSR count). The largest absolute Gasteiger partial charge is 0.459 e. The number of ether oxygens (including phenoxy) is 4. The van der Waals surface area contributed by atoms with E-state index in [0.29, 0.717) is 6.61 Å². The number of rotatable bonds is 9. The highest BCUT2D eigenvalue weighted by Crippen LogP contribution is 2.40. The second kappa shape index (κ2) is 9.84. The maximum absolute atomic E-state index is 12.4. The molecule has 0 spiro atoms. The van der Waals surface area contributed by atoms with Crippen molar-refractivity contribution in [3.05, 3.63) is 71.8 Å². The molecule has 160 valence electrons. The molecule has 0 aliphatic carbocycles. The highest BCUT2D eigenvalue weighted by Gasteiger charge is 2.59. The van der Waals surface area contributed by atoms with Crippen molar-refractivity contribution in [2.45, 2.75) is 45.1 Å². The molecule has 30 heavy (non-hydrogen) atoms. The predicted molar refractivity (Wildman–Crippen MR) is 109 cm³/mol. The summed E-state index contributed by atoms with van der Waals surface area (Å²) >= 11 is 0. The van der Waals surface area contributed by atoms with E-state index in [0.717, 1.165) is 11.1 Å². The highest BCUT2D eigenvalue weighted by atomic mass is 16.7. The van der Waals surface area contributed by atoms with Gasteiger partial charge in [-0.3, -0.25) is 9.59 Å². The molecule has 0 saturated carbocycles. The van der Waals surface area contributed by atoms with Gasteiger partial charge in [0, 0.05) is 6.92 Å². The number of hydrogen-bond acceptors (Lipinski definition) is 6. The summed E-state index contributed by atoms with van der Waals surface area (Å²) in [4.78, 5) is 24.1. The van der Waals surface area contributed by atoms with Crippen molar-refractivity contribution >= 4 is 11.9 Å². The number of primary amides is 1. The van der Waals surface area contributed by atoms with Gasteiger partial charge in [0.05, 0.1) is 25.7 Å². The monoisotopic (exact) mass is 413 g/mol. The number of carbonyl (C=O) groups is 2. The van der Waals surface area contributed by atoms with Gasteiger partial charge in [-0.1, -0.05) is 67.6 Å². The average molecular weight is 413 g/mol. The van der Waals surface area contributed by atoms with E-state index in [9.17, 15) is 9.59 Å². The molecule has 0 unspecified atom stereocenters. The van der Waals surface area contributed by atoms with Crippen LogP contribution in [0.3, 0.4) is 0 Å². The van der Waals surface area contributed by atoms with E-state index in [2.05, 4.69) is 0 Å². The van der Waals surface area contributed by atoms with Crippen molar-refractivity contribution in [1.82, 2.24) is 0 Å². The van der Waals surface area contributed by atoms with E-state index in [4.69, 9.17) is 24.7 Å². The molecule has 1 saturated heterocycles. The number of esters is 1. The Hall–Kier alpha value is -2.74. The molecular formula is C23H27NO6. The topological polar surface area (TPSA) is 97.1 Å². The molecule has 7 nitrogen and oxygen atoms in total. The van der Waals surface area contributed by atoms with Crippen LogP contribution in [0.25, 0.3) is 0 Å². The van der Waals surface area contributed by atoms with Crippen LogP contribution in [0.2, 0.25) is 0 Å². The summed E-state index contributed by atoms with van der Waals surface area (Å²) in [6.07, 6.45) is -1.43. The van der Waals surface area contributed by atoms with Crippen LogP contribution >= 0.6 is 0 Å². The third-order valence-electron chi connectivity index (χ3n) is 5.12. The Labute approximate surface area is 176 Å². The Morgan fingerprint density at radius 1 is 1.00 bits per heavy atom. The van der Waals surface area contributed by atoms with Crippen molar-refractivity contribution in [3.63, 3.8) is 0 Å². The summed E-state index contributed by atoms with van der Waals surface area (Å²) in [5.41, 5.74) is 7.55. The molecule has 1 heterocycles. The van der Waals surface area contributed by atoms with Gasteiger partial charge in [-0.2, -0.15) is 0 Å².